The third-order valence-corrected chi connectivity index (χ3v) is 2.82. The highest BCUT2D eigenvalue weighted by Gasteiger charge is 2.31. The number of alkyl halides is 3. The molecule has 0 bridgehead atoms. The standard InChI is InChI=1S/C14H6ClF4NO/c15-12-3-1-2-11(13(12)16)9-4-8(7-20)5-10(6-9)21-14(17,18)19/h1-6H. The Morgan fingerprint density at radius 3 is 2.48 bits per heavy atom. The van der Waals surface area contributed by atoms with E-state index in [2.05, 4.69) is 4.74 Å². The van der Waals surface area contributed by atoms with Crippen LogP contribution < -0.4 is 4.74 Å². The Kier molecular flexibility index (Phi) is 4.05. The van der Waals surface area contributed by atoms with E-state index < -0.39 is 17.9 Å². The summed E-state index contributed by atoms with van der Waals surface area (Å²) in [6, 6.07) is 8.95. The fourth-order valence-electron chi connectivity index (χ4n) is 1.74. The minimum Gasteiger partial charge on any atom is -0.406 e. The lowest BCUT2D eigenvalue weighted by Crippen LogP contribution is -2.17. The van der Waals surface area contributed by atoms with Crippen LogP contribution in [0.5, 0.6) is 5.75 Å². The van der Waals surface area contributed by atoms with Gasteiger partial charge in [-0.25, -0.2) is 4.39 Å². The molecule has 0 unspecified atom stereocenters. The number of nitriles is 1. The van der Waals surface area contributed by atoms with E-state index in [1.807, 2.05) is 0 Å². The maximum absolute atomic E-state index is 13.9. The second kappa shape index (κ2) is 5.62. The lowest BCUT2D eigenvalue weighted by Gasteiger charge is -2.11. The topological polar surface area (TPSA) is 33.0 Å². The third-order valence-electron chi connectivity index (χ3n) is 2.53. The van der Waals surface area contributed by atoms with Gasteiger partial charge in [0, 0.05) is 5.56 Å². The van der Waals surface area contributed by atoms with E-state index in [0.29, 0.717) is 0 Å². The van der Waals surface area contributed by atoms with Crippen molar-refractivity contribution in [3.63, 3.8) is 0 Å². The van der Waals surface area contributed by atoms with Crippen LogP contribution in [0.1, 0.15) is 5.56 Å². The molecule has 21 heavy (non-hydrogen) atoms. The van der Waals surface area contributed by atoms with Crippen LogP contribution in [0.2, 0.25) is 5.02 Å². The summed E-state index contributed by atoms with van der Waals surface area (Å²) >= 11 is 5.63. The van der Waals surface area contributed by atoms with Crippen molar-refractivity contribution in [2.24, 2.45) is 0 Å². The van der Waals surface area contributed by atoms with Gasteiger partial charge in [0.1, 0.15) is 11.6 Å². The van der Waals surface area contributed by atoms with Crippen molar-refractivity contribution >= 4 is 11.6 Å². The van der Waals surface area contributed by atoms with Crippen LogP contribution in [0.3, 0.4) is 0 Å². The van der Waals surface area contributed by atoms with E-state index in [1.54, 1.807) is 6.07 Å². The lowest BCUT2D eigenvalue weighted by atomic mass is 10.0. The number of hydrogen-bond donors (Lipinski definition) is 0. The Bertz CT molecular complexity index is 722. The lowest BCUT2D eigenvalue weighted by molar-refractivity contribution is -0.274. The van der Waals surface area contributed by atoms with Crippen molar-refractivity contribution < 1.29 is 22.3 Å². The minimum atomic E-state index is -4.90. The van der Waals surface area contributed by atoms with Gasteiger partial charge in [-0.1, -0.05) is 23.7 Å². The molecule has 0 aliphatic carbocycles. The first kappa shape index (κ1) is 15.1. The van der Waals surface area contributed by atoms with Gasteiger partial charge in [0.05, 0.1) is 16.7 Å². The first-order chi connectivity index (χ1) is 9.80. The normalized spacial score (nSPS) is 11.0. The first-order valence-corrected chi connectivity index (χ1v) is 5.93. The van der Waals surface area contributed by atoms with Gasteiger partial charge in [0.25, 0.3) is 0 Å². The van der Waals surface area contributed by atoms with E-state index in [1.165, 1.54) is 24.3 Å². The molecule has 0 aliphatic heterocycles. The predicted octanol–water partition coefficient (Wildman–Crippen LogP) is 4.92. The number of ether oxygens (including phenoxy) is 1. The number of benzene rings is 2. The second-order valence-corrected chi connectivity index (χ2v) is 4.41. The molecule has 0 aromatic heterocycles. The van der Waals surface area contributed by atoms with Crippen molar-refractivity contribution in [1.29, 1.82) is 5.26 Å². The molecule has 2 aromatic rings. The van der Waals surface area contributed by atoms with Crippen molar-refractivity contribution in [3.8, 4) is 22.9 Å². The van der Waals surface area contributed by atoms with Gasteiger partial charge in [-0.15, -0.1) is 13.2 Å². The molecule has 0 fully saturated rings. The van der Waals surface area contributed by atoms with Crippen LogP contribution in [-0.2, 0) is 0 Å². The number of rotatable bonds is 2. The van der Waals surface area contributed by atoms with E-state index in [0.717, 1.165) is 12.1 Å². The Labute approximate surface area is 122 Å². The Hall–Kier alpha value is -2.26. The van der Waals surface area contributed by atoms with Crippen LogP contribution in [0.15, 0.2) is 36.4 Å². The van der Waals surface area contributed by atoms with Gasteiger partial charge in [0.2, 0.25) is 0 Å². The summed E-state index contributed by atoms with van der Waals surface area (Å²) in [5, 5.41) is 8.68. The quantitative estimate of drug-likeness (QED) is 0.737. The van der Waals surface area contributed by atoms with Gasteiger partial charge in [-0.3, -0.25) is 0 Å². The Morgan fingerprint density at radius 2 is 1.86 bits per heavy atom. The molecule has 0 saturated heterocycles. The highest BCUT2D eigenvalue weighted by atomic mass is 35.5. The molecular formula is C14H6ClF4NO. The molecule has 0 aliphatic rings. The van der Waals surface area contributed by atoms with Gasteiger partial charge in [0.15, 0.2) is 0 Å². The maximum atomic E-state index is 13.9. The number of hydrogen-bond acceptors (Lipinski definition) is 2. The van der Waals surface area contributed by atoms with Crippen molar-refractivity contribution in [2.45, 2.75) is 6.36 Å². The molecule has 0 atom stereocenters. The van der Waals surface area contributed by atoms with Crippen molar-refractivity contribution in [3.05, 3.63) is 52.8 Å². The van der Waals surface area contributed by atoms with Crippen LogP contribution in [0.25, 0.3) is 11.1 Å². The van der Waals surface area contributed by atoms with Crippen LogP contribution in [0.4, 0.5) is 17.6 Å². The third kappa shape index (κ3) is 3.64. The molecule has 0 saturated carbocycles. The van der Waals surface area contributed by atoms with E-state index >= 15 is 0 Å². The van der Waals surface area contributed by atoms with Gasteiger partial charge >= 0.3 is 6.36 Å². The number of halogens is 5. The fourth-order valence-corrected chi connectivity index (χ4v) is 1.91. The zero-order chi connectivity index (χ0) is 15.6. The largest absolute Gasteiger partial charge is 0.573 e. The fraction of sp³-hybridized carbons (Fsp3) is 0.0714. The average molecular weight is 316 g/mol. The van der Waals surface area contributed by atoms with Crippen LogP contribution in [-0.4, -0.2) is 6.36 Å². The minimum absolute atomic E-state index is 0.0216. The molecule has 2 nitrogen and oxygen atoms in total. The maximum Gasteiger partial charge on any atom is 0.573 e. The van der Waals surface area contributed by atoms with Gasteiger partial charge in [-0.05, 0) is 29.8 Å². The summed E-state index contributed by atoms with van der Waals surface area (Å²) < 4.78 is 54.4. The van der Waals surface area contributed by atoms with Crippen molar-refractivity contribution in [2.75, 3.05) is 0 Å². The summed E-state index contributed by atoms with van der Waals surface area (Å²) in [6.07, 6.45) is -4.90. The molecule has 0 N–H and O–H groups in total. The molecule has 0 heterocycles. The first-order valence-electron chi connectivity index (χ1n) is 5.55. The smallest absolute Gasteiger partial charge is 0.406 e. The highest BCUT2D eigenvalue weighted by molar-refractivity contribution is 6.31. The monoisotopic (exact) mass is 315 g/mol. The Morgan fingerprint density at radius 1 is 1.14 bits per heavy atom. The average Bonchev–Trinajstić information content (AvgIpc) is 2.39. The zero-order valence-electron chi connectivity index (χ0n) is 10.2. The van der Waals surface area contributed by atoms with Crippen LogP contribution in [0, 0.1) is 17.1 Å². The van der Waals surface area contributed by atoms with E-state index in [-0.39, 0.29) is 21.7 Å². The second-order valence-electron chi connectivity index (χ2n) is 4.01. The molecule has 2 rings (SSSR count). The molecule has 0 radical (unpaired) electrons. The summed E-state index contributed by atoms with van der Waals surface area (Å²) in [5.74, 6) is -1.39. The molecular weight excluding hydrogens is 310 g/mol. The highest BCUT2D eigenvalue weighted by Crippen LogP contribution is 2.32. The Balaban J connectivity index is 2.56. The summed E-state index contributed by atoms with van der Waals surface area (Å²) in [6.45, 7) is 0. The molecule has 0 amide bonds. The molecule has 2 aromatic carbocycles. The number of nitrogens with zero attached hydrogens (tertiary/aromatic N) is 1. The molecule has 7 heteroatoms. The predicted molar refractivity (Wildman–Crippen MR) is 68.2 cm³/mol. The van der Waals surface area contributed by atoms with E-state index in [9.17, 15) is 17.6 Å². The van der Waals surface area contributed by atoms with Gasteiger partial charge < -0.3 is 4.74 Å². The molecule has 108 valence electrons. The van der Waals surface area contributed by atoms with Crippen molar-refractivity contribution in [1.82, 2.24) is 0 Å². The van der Waals surface area contributed by atoms with Crippen LogP contribution >= 0.6 is 11.6 Å². The summed E-state index contributed by atoms with van der Waals surface area (Å²) in [7, 11) is 0. The summed E-state index contributed by atoms with van der Waals surface area (Å²) in [4.78, 5) is 0. The summed E-state index contributed by atoms with van der Waals surface area (Å²) in [5.41, 5.74) is -0.0500. The molecule has 0 spiro atoms. The zero-order valence-corrected chi connectivity index (χ0v) is 11.0. The SMILES string of the molecule is N#Cc1cc(OC(F)(F)F)cc(-c2cccc(Cl)c2F)c1. The van der Waals surface area contributed by atoms with Gasteiger partial charge in [-0.2, -0.15) is 5.26 Å². The van der Waals surface area contributed by atoms with E-state index in [4.69, 9.17) is 16.9 Å².